The van der Waals surface area contributed by atoms with E-state index in [1.54, 1.807) is 0 Å². The van der Waals surface area contributed by atoms with Crippen molar-refractivity contribution in [2.45, 2.75) is 71.1 Å². The molecule has 3 atom stereocenters. The van der Waals surface area contributed by atoms with Crippen LogP contribution in [0.2, 0.25) is 0 Å². The second-order valence-corrected chi connectivity index (χ2v) is 6.28. The number of hydrogen-bond acceptors (Lipinski definition) is 0. The fourth-order valence-corrected chi connectivity index (χ4v) is 3.20. The second-order valence-electron chi connectivity index (χ2n) is 5.72. The molecule has 3 unspecified atom stereocenters. The summed E-state index contributed by atoms with van der Waals surface area (Å²) in [5.74, 6) is 2.61. The lowest BCUT2D eigenvalue weighted by Gasteiger charge is -2.33. The third kappa shape index (κ3) is 4.76. The van der Waals surface area contributed by atoms with E-state index in [1.807, 2.05) is 0 Å². The Labute approximate surface area is 101 Å². The molecule has 1 heteroatoms. The van der Waals surface area contributed by atoms with Gasteiger partial charge in [-0.25, -0.2) is 0 Å². The van der Waals surface area contributed by atoms with Gasteiger partial charge in [-0.3, -0.25) is 0 Å². The van der Waals surface area contributed by atoms with Crippen molar-refractivity contribution < 1.29 is 0 Å². The first kappa shape index (κ1) is 13.4. The van der Waals surface area contributed by atoms with Crippen LogP contribution < -0.4 is 0 Å². The number of alkyl halides is 1. The van der Waals surface area contributed by atoms with Crippen molar-refractivity contribution in [3.05, 3.63) is 0 Å². The van der Waals surface area contributed by atoms with E-state index in [4.69, 9.17) is 11.6 Å². The van der Waals surface area contributed by atoms with E-state index < -0.39 is 0 Å². The molecule has 1 rings (SSSR count). The summed E-state index contributed by atoms with van der Waals surface area (Å²) in [5.41, 5.74) is 0. The van der Waals surface area contributed by atoms with Crippen molar-refractivity contribution >= 4 is 11.6 Å². The van der Waals surface area contributed by atoms with Crippen molar-refractivity contribution in [1.29, 1.82) is 0 Å². The monoisotopic (exact) mass is 230 g/mol. The summed E-state index contributed by atoms with van der Waals surface area (Å²) < 4.78 is 0. The summed E-state index contributed by atoms with van der Waals surface area (Å²) >= 11 is 6.43. The molecule has 0 spiro atoms. The molecule has 0 aromatic rings. The Bertz CT molecular complexity index is 165. The van der Waals surface area contributed by atoms with Crippen LogP contribution in [-0.2, 0) is 0 Å². The van der Waals surface area contributed by atoms with Gasteiger partial charge in [0.1, 0.15) is 0 Å². The van der Waals surface area contributed by atoms with E-state index in [0.29, 0.717) is 5.38 Å². The van der Waals surface area contributed by atoms with Gasteiger partial charge < -0.3 is 0 Å². The lowest BCUT2D eigenvalue weighted by molar-refractivity contribution is 0.238. The van der Waals surface area contributed by atoms with Gasteiger partial charge in [-0.15, -0.1) is 11.6 Å². The molecule has 15 heavy (non-hydrogen) atoms. The standard InChI is InChI=1S/C14H27Cl/c1-4-5-12-7-9-14(15)13(10-12)8-6-11(2)3/h11-14H,4-10H2,1-3H3. The molecule has 0 radical (unpaired) electrons. The molecule has 1 aliphatic carbocycles. The third-order valence-corrected chi connectivity index (χ3v) is 4.38. The van der Waals surface area contributed by atoms with Crippen molar-refractivity contribution in [3.8, 4) is 0 Å². The number of hydrogen-bond donors (Lipinski definition) is 0. The van der Waals surface area contributed by atoms with Crippen LogP contribution >= 0.6 is 11.6 Å². The van der Waals surface area contributed by atoms with Crippen LogP contribution in [0.1, 0.15) is 65.7 Å². The zero-order valence-corrected chi connectivity index (χ0v) is 11.4. The van der Waals surface area contributed by atoms with Crippen LogP contribution in [0.15, 0.2) is 0 Å². The van der Waals surface area contributed by atoms with Gasteiger partial charge in [-0.1, -0.05) is 40.0 Å². The first-order valence-electron chi connectivity index (χ1n) is 6.77. The molecule has 0 aromatic heterocycles. The van der Waals surface area contributed by atoms with E-state index in [2.05, 4.69) is 20.8 Å². The highest BCUT2D eigenvalue weighted by Crippen LogP contribution is 2.37. The molecule has 0 aromatic carbocycles. The normalized spacial score (nSPS) is 32.2. The van der Waals surface area contributed by atoms with Crippen LogP contribution in [0.4, 0.5) is 0 Å². The summed E-state index contributed by atoms with van der Waals surface area (Å²) in [7, 11) is 0. The third-order valence-electron chi connectivity index (χ3n) is 3.81. The first-order chi connectivity index (χ1) is 7.13. The molecule has 0 amide bonds. The molecule has 0 N–H and O–H groups in total. The van der Waals surface area contributed by atoms with E-state index in [-0.39, 0.29) is 0 Å². The lowest BCUT2D eigenvalue weighted by Crippen LogP contribution is -2.25. The van der Waals surface area contributed by atoms with Crippen molar-refractivity contribution in [2.75, 3.05) is 0 Å². The summed E-state index contributed by atoms with van der Waals surface area (Å²) in [4.78, 5) is 0. The molecule has 1 saturated carbocycles. The van der Waals surface area contributed by atoms with Crippen LogP contribution in [0.5, 0.6) is 0 Å². The Morgan fingerprint density at radius 3 is 2.53 bits per heavy atom. The maximum atomic E-state index is 6.43. The van der Waals surface area contributed by atoms with Crippen molar-refractivity contribution in [3.63, 3.8) is 0 Å². The molecule has 1 fully saturated rings. The Morgan fingerprint density at radius 1 is 1.20 bits per heavy atom. The topological polar surface area (TPSA) is 0 Å². The summed E-state index contributed by atoms with van der Waals surface area (Å²) in [6.45, 7) is 6.93. The quantitative estimate of drug-likeness (QED) is 0.566. The Hall–Kier alpha value is 0.290. The average molecular weight is 231 g/mol. The van der Waals surface area contributed by atoms with Gasteiger partial charge in [0.05, 0.1) is 0 Å². The van der Waals surface area contributed by atoms with Gasteiger partial charge in [0.2, 0.25) is 0 Å². The minimum absolute atomic E-state index is 0.469. The molecule has 0 heterocycles. The van der Waals surface area contributed by atoms with Crippen LogP contribution in [0, 0.1) is 17.8 Å². The molecule has 1 aliphatic rings. The Kier molecular flexibility index (Phi) is 6.04. The van der Waals surface area contributed by atoms with Gasteiger partial charge in [-0.2, -0.15) is 0 Å². The summed E-state index contributed by atoms with van der Waals surface area (Å²) in [6.07, 6.45) is 9.50. The summed E-state index contributed by atoms with van der Waals surface area (Å²) in [5, 5.41) is 0.469. The average Bonchev–Trinajstić information content (AvgIpc) is 2.19. The lowest BCUT2D eigenvalue weighted by atomic mass is 9.76. The smallest absolute Gasteiger partial charge is 0.0364 e. The molecule has 0 saturated heterocycles. The second kappa shape index (κ2) is 6.78. The largest absolute Gasteiger partial charge is 0.123 e. The van der Waals surface area contributed by atoms with E-state index in [1.165, 1.54) is 44.9 Å². The molecule has 0 bridgehead atoms. The maximum Gasteiger partial charge on any atom is 0.0364 e. The number of halogens is 1. The van der Waals surface area contributed by atoms with E-state index in [0.717, 1.165) is 17.8 Å². The van der Waals surface area contributed by atoms with Gasteiger partial charge in [-0.05, 0) is 43.4 Å². The Morgan fingerprint density at radius 2 is 1.93 bits per heavy atom. The van der Waals surface area contributed by atoms with Gasteiger partial charge in [0.25, 0.3) is 0 Å². The predicted octanol–water partition coefficient (Wildman–Crippen LogP) is 5.25. The van der Waals surface area contributed by atoms with Gasteiger partial charge >= 0.3 is 0 Å². The molecule has 90 valence electrons. The molecular weight excluding hydrogens is 204 g/mol. The fraction of sp³-hybridized carbons (Fsp3) is 1.00. The van der Waals surface area contributed by atoms with Crippen LogP contribution in [0.25, 0.3) is 0 Å². The summed E-state index contributed by atoms with van der Waals surface area (Å²) in [6, 6.07) is 0. The number of rotatable bonds is 5. The molecule has 0 nitrogen and oxygen atoms in total. The molecular formula is C14H27Cl. The van der Waals surface area contributed by atoms with Crippen LogP contribution in [-0.4, -0.2) is 5.38 Å². The van der Waals surface area contributed by atoms with Gasteiger partial charge in [0.15, 0.2) is 0 Å². The predicted molar refractivity (Wildman–Crippen MR) is 69.5 cm³/mol. The highest BCUT2D eigenvalue weighted by atomic mass is 35.5. The fourth-order valence-electron chi connectivity index (χ4n) is 2.84. The zero-order valence-electron chi connectivity index (χ0n) is 10.6. The highest BCUT2D eigenvalue weighted by Gasteiger charge is 2.28. The first-order valence-corrected chi connectivity index (χ1v) is 7.21. The maximum absolute atomic E-state index is 6.43. The Balaban J connectivity index is 2.32. The minimum atomic E-state index is 0.469. The SMILES string of the molecule is CCCC1CCC(Cl)C(CCC(C)C)C1. The van der Waals surface area contributed by atoms with Crippen molar-refractivity contribution in [2.24, 2.45) is 17.8 Å². The van der Waals surface area contributed by atoms with Crippen LogP contribution in [0.3, 0.4) is 0 Å². The minimum Gasteiger partial charge on any atom is -0.123 e. The molecule has 0 aliphatic heterocycles. The van der Waals surface area contributed by atoms with E-state index >= 15 is 0 Å². The highest BCUT2D eigenvalue weighted by molar-refractivity contribution is 6.20. The van der Waals surface area contributed by atoms with Gasteiger partial charge in [0, 0.05) is 5.38 Å². The van der Waals surface area contributed by atoms with Crippen molar-refractivity contribution in [1.82, 2.24) is 0 Å². The zero-order chi connectivity index (χ0) is 11.3. The van der Waals surface area contributed by atoms with E-state index in [9.17, 15) is 0 Å².